The molecule has 0 atom stereocenters. The zero-order valence-corrected chi connectivity index (χ0v) is 11.9. The van der Waals surface area contributed by atoms with Crippen molar-refractivity contribution in [3.05, 3.63) is 18.0 Å². The first-order valence-electron chi connectivity index (χ1n) is 6.37. The molecule has 0 spiro atoms. The Morgan fingerprint density at radius 3 is 2.79 bits per heavy atom. The summed E-state index contributed by atoms with van der Waals surface area (Å²) in [7, 11) is -1.78. The lowest BCUT2D eigenvalue weighted by Gasteiger charge is -2.15. The summed E-state index contributed by atoms with van der Waals surface area (Å²) in [6.45, 7) is 1.44. The second-order valence-electron chi connectivity index (χ2n) is 5.13. The lowest BCUT2D eigenvalue weighted by Crippen LogP contribution is -2.30. The molecule has 2 rings (SSSR count). The van der Waals surface area contributed by atoms with Crippen LogP contribution in [-0.2, 0) is 21.3 Å². The standard InChI is InChI=1S/C12H21N3O3S/c1-18-5-4-12(2-3-12)9-15-19(16,17)11-6-10(7-13)14-8-11/h6,8,14-15H,2-5,7,9,13H2,1H3. The van der Waals surface area contributed by atoms with Crippen molar-refractivity contribution < 1.29 is 13.2 Å². The Hall–Kier alpha value is -0.890. The lowest BCUT2D eigenvalue weighted by atomic mass is 10.0. The number of hydrogen-bond donors (Lipinski definition) is 3. The molecule has 1 aliphatic rings. The SMILES string of the molecule is COCCC1(CNS(=O)(=O)c2c[nH]c(CN)c2)CC1. The van der Waals surface area contributed by atoms with E-state index in [1.54, 1.807) is 13.2 Å². The normalized spacial score (nSPS) is 17.6. The smallest absolute Gasteiger partial charge is 0.242 e. The number of methoxy groups -OCH3 is 1. The molecule has 108 valence electrons. The van der Waals surface area contributed by atoms with Gasteiger partial charge in [-0.05, 0) is 30.7 Å². The van der Waals surface area contributed by atoms with Crippen LogP contribution in [0.15, 0.2) is 17.2 Å². The van der Waals surface area contributed by atoms with Crippen LogP contribution >= 0.6 is 0 Å². The van der Waals surface area contributed by atoms with Crippen molar-refractivity contribution in [1.29, 1.82) is 0 Å². The minimum atomic E-state index is -3.45. The molecule has 0 unspecified atom stereocenters. The Kier molecular flexibility index (Phi) is 4.29. The van der Waals surface area contributed by atoms with Crippen molar-refractivity contribution in [2.75, 3.05) is 20.3 Å². The number of nitrogens with two attached hydrogens (primary N) is 1. The third kappa shape index (κ3) is 3.56. The largest absolute Gasteiger partial charge is 0.385 e. The molecule has 0 amide bonds. The van der Waals surface area contributed by atoms with E-state index in [4.69, 9.17) is 10.5 Å². The molecule has 1 aromatic rings. The third-order valence-corrected chi connectivity index (χ3v) is 5.06. The van der Waals surface area contributed by atoms with Gasteiger partial charge < -0.3 is 15.5 Å². The van der Waals surface area contributed by atoms with Crippen LogP contribution < -0.4 is 10.5 Å². The molecular formula is C12H21N3O3S. The summed E-state index contributed by atoms with van der Waals surface area (Å²) in [6.07, 6.45) is 4.48. The Morgan fingerprint density at radius 2 is 2.26 bits per heavy atom. The van der Waals surface area contributed by atoms with Crippen LogP contribution in [0.4, 0.5) is 0 Å². The van der Waals surface area contributed by atoms with Gasteiger partial charge in [-0.2, -0.15) is 0 Å². The quantitative estimate of drug-likeness (QED) is 0.651. The molecule has 0 radical (unpaired) electrons. The van der Waals surface area contributed by atoms with Crippen molar-refractivity contribution in [1.82, 2.24) is 9.71 Å². The summed E-state index contributed by atoms with van der Waals surface area (Å²) < 4.78 is 31.9. The average Bonchev–Trinajstić information content (AvgIpc) is 2.99. The lowest BCUT2D eigenvalue weighted by molar-refractivity contribution is 0.173. The van der Waals surface area contributed by atoms with Crippen LogP contribution in [0.5, 0.6) is 0 Å². The molecule has 0 aromatic carbocycles. The van der Waals surface area contributed by atoms with Crippen LogP contribution in [0.3, 0.4) is 0 Å². The van der Waals surface area contributed by atoms with Gasteiger partial charge in [0.25, 0.3) is 0 Å². The fourth-order valence-corrected chi connectivity index (χ4v) is 3.21. The van der Waals surface area contributed by atoms with Crippen LogP contribution in [0.2, 0.25) is 0 Å². The van der Waals surface area contributed by atoms with E-state index in [0.29, 0.717) is 25.4 Å². The molecule has 6 nitrogen and oxygen atoms in total. The summed E-state index contributed by atoms with van der Waals surface area (Å²) in [6, 6.07) is 1.57. The maximum absolute atomic E-state index is 12.1. The van der Waals surface area contributed by atoms with Crippen LogP contribution in [0, 0.1) is 5.41 Å². The number of H-pyrrole nitrogens is 1. The number of sulfonamides is 1. The molecule has 1 saturated carbocycles. The number of hydrogen-bond acceptors (Lipinski definition) is 4. The summed E-state index contributed by atoms with van der Waals surface area (Å²) in [5, 5.41) is 0. The highest BCUT2D eigenvalue weighted by Gasteiger charge is 2.42. The van der Waals surface area contributed by atoms with E-state index in [-0.39, 0.29) is 10.3 Å². The Balaban J connectivity index is 1.94. The van der Waals surface area contributed by atoms with E-state index in [1.807, 2.05) is 0 Å². The molecule has 19 heavy (non-hydrogen) atoms. The van der Waals surface area contributed by atoms with E-state index in [2.05, 4.69) is 9.71 Å². The fourth-order valence-electron chi connectivity index (χ4n) is 2.03. The summed E-state index contributed by atoms with van der Waals surface area (Å²) in [5.41, 5.74) is 6.26. The zero-order valence-electron chi connectivity index (χ0n) is 11.1. The van der Waals surface area contributed by atoms with E-state index in [0.717, 1.165) is 19.3 Å². The first-order chi connectivity index (χ1) is 9.01. The highest BCUT2D eigenvalue weighted by Crippen LogP contribution is 2.48. The predicted octanol–water partition coefficient (Wildman–Crippen LogP) is 0.568. The van der Waals surface area contributed by atoms with E-state index < -0.39 is 10.0 Å². The molecule has 4 N–H and O–H groups in total. The number of aromatic amines is 1. The van der Waals surface area contributed by atoms with E-state index in [1.165, 1.54) is 6.20 Å². The maximum Gasteiger partial charge on any atom is 0.242 e. The number of aromatic nitrogens is 1. The minimum absolute atomic E-state index is 0.0933. The molecule has 1 fully saturated rings. The maximum atomic E-state index is 12.1. The highest BCUT2D eigenvalue weighted by atomic mass is 32.2. The van der Waals surface area contributed by atoms with Crippen LogP contribution in [0.1, 0.15) is 25.0 Å². The van der Waals surface area contributed by atoms with E-state index in [9.17, 15) is 8.42 Å². The summed E-state index contributed by atoms with van der Waals surface area (Å²) in [5.74, 6) is 0. The van der Waals surface area contributed by atoms with Crippen LogP contribution in [0.25, 0.3) is 0 Å². The van der Waals surface area contributed by atoms with Gasteiger partial charge in [-0.3, -0.25) is 0 Å². The van der Waals surface area contributed by atoms with Crippen molar-refractivity contribution in [3.63, 3.8) is 0 Å². The van der Waals surface area contributed by atoms with Gasteiger partial charge in [0.15, 0.2) is 0 Å². The first kappa shape index (κ1) is 14.5. The number of nitrogens with one attached hydrogen (secondary N) is 2. The summed E-state index contributed by atoms with van der Waals surface area (Å²) >= 11 is 0. The van der Waals surface area contributed by atoms with Crippen molar-refractivity contribution >= 4 is 10.0 Å². The molecule has 1 aromatic heterocycles. The number of rotatable bonds is 8. The molecular weight excluding hydrogens is 266 g/mol. The minimum Gasteiger partial charge on any atom is -0.385 e. The van der Waals surface area contributed by atoms with Gasteiger partial charge in [0.1, 0.15) is 0 Å². The summed E-state index contributed by atoms with van der Waals surface area (Å²) in [4.78, 5) is 3.09. The second-order valence-corrected chi connectivity index (χ2v) is 6.90. The third-order valence-electron chi connectivity index (χ3n) is 3.68. The highest BCUT2D eigenvalue weighted by molar-refractivity contribution is 7.89. The molecule has 7 heteroatoms. The van der Waals surface area contributed by atoms with Crippen LogP contribution in [-0.4, -0.2) is 33.7 Å². The molecule has 0 bridgehead atoms. The molecule has 0 aliphatic heterocycles. The van der Waals surface area contributed by atoms with Gasteiger partial charge in [-0.25, -0.2) is 13.1 Å². The zero-order chi connectivity index (χ0) is 13.9. The number of ether oxygens (including phenoxy) is 1. The topological polar surface area (TPSA) is 97.2 Å². The van der Waals surface area contributed by atoms with E-state index >= 15 is 0 Å². The average molecular weight is 287 g/mol. The predicted molar refractivity (Wildman–Crippen MR) is 72.0 cm³/mol. The van der Waals surface area contributed by atoms with Gasteiger partial charge in [0, 0.05) is 38.7 Å². The first-order valence-corrected chi connectivity index (χ1v) is 7.86. The van der Waals surface area contributed by atoms with Crippen molar-refractivity contribution in [2.45, 2.75) is 30.7 Å². The van der Waals surface area contributed by atoms with Gasteiger partial charge in [0.05, 0.1) is 4.90 Å². The molecule has 0 saturated heterocycles. The van der Waals surface area contributed by atoms with Gasteiger partial charge in [-0.1, -0.05) is 0 Å². The monoisotopic (exact) mass is 287 g/mol. The van der Waals surface area contributed by atoms with Crippen molar-refractivity contribution in [3.8, 4) is 0 Å². The molecule has 1 aliphatic carbocycles. The van der Waals surface area contributed by atoms with Gasteiger partial charge in [0.2, 0.25) is 10.0 Å². The Labute approximate surface area is 113 Å². The second kappa shape index (κ2) is 5.62. The Morgan fingerprint density at radius 1 is 1.53 bits per heavy atom. The van der Waals surface area contributed by atoms with Gasteiger partial charge in [-0.15, -0.1) is 0 Å². The van der Waals surface area contributed by atoms with Crippen molar-refractivity contribution in [2.24, 2.45) is 11.1 Å². The van der Waals surface area contributed by atoms with Gasteiger partial charge >= 0.3 is 0 Å². The molecule has 1 heterocycles. The Bertz CT molecular complexity index is 520. The fraction of sp³-hybridized carbons (Fsp3) is 0.667.